The van der Waals surface area contributed by atoms with E-state index in [0.29, 0.717) is 26.5 Å². The number of nitrogens with two attached hydrogens (primary N) is 1. The molecule has 0 heterocycles. The van der Waals surface area contributed by atoms with Crippen LogP contribution in [0.25, 0.3) is 0 Å². The highest BCUT2D eigenvalue weighted by molar-refractivity contribution is 7.80. The first-order valence-corrected chi connectivity index (χ1v) is 6.99. The molecular formula is C14H16Cl2N2OS. The molecule has 3 nitrogen and oxygen atoms in total. The van der Waals surface area contributed by atoms with Gasteiger partial charge in [-0.1, -0.05) is 62.1 Å². The Balaban J connectivity index is 3.18. The SMILES string of the molecule is C#CCOc1cc(N(N)C(=S)C(C)(C)C)c(Cl)cc1Cl. The molecule has 2 N–H and O–H groups in total. The fourth-order valence-electron chi connectivity index (χ4n) is 1.40. The van der Waals surface area contributed by atoms with Crippen molar-refractivity contribution >= 4 is 46.1 Å². The zero-order valence-corrected chi connectivity index (χ0v) is 13.9. The molecule has 0 saturated heterocycles. The first-order chi connectivity index (χ1) is 9.18. The molecule has 0 aliphatic carbocycles. The number of halogens is 2. The largest absolute Gasteiger partial charge is 0.479 e. The molecule has 0 unspecified atom stereocenters. The second kappa shape index (κ2) is 6.64. The minimum absolute atomic E-state index is 0.106. The number of hydrazine groups is 1. The van der Waals surface area contributed by atoms with Gasteiger partial charge in [0, 0.05) is 11.5 Å². The molecule has 0 amide bonds. The second-order valence-electron chi connectivity index (χ2n) is 5.15. The second-order valence-corrected chi connectivity index (χ2v) is 6.35. The summed E-state index contributed by atoms with van der Waals surface area (Å²) in [4.78, 5) is 0.546. The van der Waals surface area contributed by atoms with Crippen LogP contribution in [-0.2, 0) is 0 Å². The Morgan fingerprint density at radius 2 is 2.00 bits per heavy atom. The number of thiocarbonyl (C=S) groups is 1. The number of hydrogen-bond donors (Lipinski definition) is 1. The number of terminal acetylenes is 1. The van der Waals surface area contributed by atoms with Crippen LogP contribution in [0.5, 0.6) is 5.75 Å². The summed E-state index contributed by atoms with van der Waals surface area (Å²) in [7, 11) is 0. The highest BCUT2D eigenvalue weighted by atomic mass is 35.5. The number of rotatable bonds is 3. The monoisotopic (exact) mass is 330 g/mol. The molecule has 0 fully saturated rings. The molecule has 1 aromatic carbocycles. The summed E-state index contributed by atoms with van der Waals surface area (Å²) in [5.41, 5.74) is 0.246. The first-order valence-electron chi connectivity index (χ1n) is 5.83. The number of nitrogens with zero attached hydrogens (tertiary/aromatic N) is 1. The Bertz CT molecular complexity index is 562. The maximum absolute atomic E-state index is 6.16. The average molecular weight is 331 g/mol. The molecule has 0 saturated carbocycles. The zero-order chi connectivity index (χ0) is 15.5. The molecular weight excluding hydrogens is 315 g/mol. The highest BCUT2D eigenvalue weighted by Gasteiger charge is 2.24. The highest BCUT2D eigenvalue weighted by Crippen LogP contribution is 2.36. The molecule has 0 aliphatic heterocycles. The predicted octanol–water partition coefficient (Wildman–Crippen LogP) is 4.06. The van der Waals surface area contributed by atoms with E-state index >= 15 is 0 Å². The van der Waals surface area contributed by atoms with Crippen molar-refractivity contribution in [3.63, 3.8) is 0 Å². The molecule has 0 spiro atoms. The van der Waals surface area contributed by atoms with Crippen molar-refractivity contribution in [2.75, 3.05) is 11.6 Å². The lowest BCUT2D eigenvalue weighted by Crippen LogP contribution is -2.43. The minimum atomic E-state index is -0.271. The molecule has 0 aromatic heterocycles. The van der Waals surface area contributed by atoms with Gasteiger partial charge in [-0.15, -0.1) is 6.42 Å². The topological polar surface area (TPSA) is 38.5 Å². The van der Waals surface area contributed by atoms with Crippen molar-refractivity contribution in [2.45, 2.75) is 20.8 Å². The minimum Gasteiger partial charge on any atom is -0.479 e. The van der Waals surface area contributed by atoms with Crippen LogP contribution >= 0.6 is 35.4 Å². The van der Waals surface area contributed by atoms with Crippen LogP contribution in [-0.4, -0.2) is 11.6 Å². The van der Waals surface area contributed by atoms with Gasteiger partial charge >= 0.3 is 0 Å². The van der Waals surface area contributed by atoms with Crippen LogP contribution in [0.3, 0.4) is 0 Å². The van der Waals surface area contributed by atoms with Gasteiger partial charge in [-0.2, -0.15) is 0 Å². The average Bonchev–Trinajstić information content (AvgIpc) is 2.35. The van der Waals surface area contributed by atoms with Gasteiger partial charge in [0.25, 0.3) is 0 Å². The van der Waals surface area contributed by atoms with Gasteiger partial charge < -0.3 is 4.74 Å². The van der Waals surface area contributed by atoms with Crippen molar-refractivity contribution < 1.29 is 4.74 Å². The first kappa shape index (κ1) is 17.1. The molecule has 0 radical (unpaired) electrons. The van der Waals surface area contributed by atoms with E-state index in [1.165, 1.54) is 5.01 Å². The zero-order valence-electron chi connectivity index (χ0n) is 11.5. The van der Waals surface area contributed by atoms with E-state index < -0.39 is 0 Å². The summed E-state index contributed by atoms with van der Waals surface area (Å²) in [6.45, 7) is 6.01. The molecule has 20 heavy (non-hydrogen) atoms. The van der Waals surface area contributed by atoms with E-state index in [9.17, 15) is 0 Å². The lowest BCUT2D eigenvalue weighted by atomic mass is 9.96. The van der Waals surface area contributed by atoms with Crippen molar-refractivity contribution in [3.8, 4) is 18.1 Å². The fourth-order valence-corrected chi connectivity index (χ4v) is 2.03. The summed E-state index contributed by atoms with van der Waals surface area (Å²) in [5.74, 6) is 8.82. The number of benzene rings is 1. The maximum atomic E-state index is 6.16. The van der Waals surface area contributed by atoms with Gasteiger partial charge in [0.1, 0.15) is 17.3 Å². The quantitative estimate of drug-likeness (QED) is 0.392. The van der Waals surface area contributed by atoms with Gasteiger partial charge in [-0.3, -0.25) is 5.01 Å². The molecule has 108 valence electrons. The third-order valence-corrected chi connectivity index (χ3v) is 3.84. The fraction of sp³-hybridized carbons (Fsp3) is 0.357. The summed E-state index contributed by atoms with van der Waals surface area (Å²) >= 11 is 17.6. The van der Waals surface area contributed by atoms with Crippen LogP contribution in [0.4, 0.5) is 5.69 Å². The summed E-state index contributed by atoms with van der Waals surface area (Å²) in [5, 5.41) is 2.11. The maximum Gasteiger partial charge on any atom is 0.148 e. The van der Waals surface area contributed by atoms with E-state index in [0.717, 1.165) is 0 Å². The van der Waals surface area contributed by atoms with Crippen LogP contribution in [0.1, 0.15) is 20.8 Å². The number of anilines is 1. The third-order valence-electron chi connectivity index (χ3n) is 2.43. The van der Waals surface area contributed by atoms with Gasteiger partial charge in [0.15, 0.2) is 0 Å². The lowest BCUT2D eigenvalue weighted by molar-refractivity contribution is 0.370. The van der Waals surface area contributed by atoms with Gasteiger partial charge in [0.2, 0.25) is 0 Å². The van der Waals surface area contributed by atoms with Crippen molar-refractivity contribution in [2.24, 2.45) is 11.3 Å². The Labute approximate surface area is 134 Å². The molecule has 0 atom stereocenters. The summed E-state index contributed by atoms with van der Waals surface area (Å²) in [6.07, 6.45) is 5.16. The Kier molecular flexibility index (Phi) is 5.67. The summed E-state index contributed by atoms with van der Waals surface area (Å²) in [6, 6.07) is 3.18. The van der Waals surface area contributed by atoms with Gasteiger partial charge in [-0.25, -0.2) is 5.84 Å². The third kappa shape index (κ3) is 4.00. The normalized spacial score (nSPS) is 10.8. The molecule has 0 aliphatic rings. The van der Waals surface area contributed by atoms with Crippen LogP contribution in [0.15, 0.2) is 12.1 Å². The van der Waals surface area contributed by atoms with Crippen molar-refractivity contribution in [3.05, 3.63) is 22.2 Å². The Morgan fingerprint density at radius 1 is 1.40 bits per heavy atom. The Hall–Kier alpha value is -0.990. The van der Waals surface area contributed by atoms with E-state index in [2.05, 4.69) is 5.92 Å². The molecule has 6 heteroatoms. The molecule has 1 aromatic rings. The number of ether oxygens (including phenoxy) is 1. The van der Waals surface area contributed by atoms with Crippen LogP contribution < -0.4 is 15.6 Å². The van der Waals surface area contributed by atoms with Crippen LogP contribution in [0, 0.1) is 17.8 Å². The predicted molar refractivity (Wildman–Crippen MR) is 89.5 cm³/mol. The van der Waals surface area contributed by atoms with Gasteiger partial charge in [-0.05, 0) is 6.07 Å². The van der Waals surface area contributed by atoms with Crippen molar-refractivity contribution in [1.82, 2.24) is 0 Å². The van der Waals surface area contributed by atoms with Gasteiger partial charge in [0.05, 0.1) is 15.7 Å². The number of hydrogen-bond acceptors (Lipinski definition) is 3. The van der Waals surface area contributed by atoms with E-state index in [1.54, 1.807) is 12.1 Å². The van der Waals surface area contributed by atoms with E-state index in [-0.39, 0.29) is 12.0 Å². The standard InChI is InChI=1S/C14H16Cl2N2OS/c1-5-6-19-12-8-11(9(15)7-10(12)16)18(17)13(20)14(2,3)4/h1,7-8H,6,17H2,2-4H3. The molecule has 1 rings (SSSR count). The Morgan fingerprint density at radius 3 is 2.50 bits per heavy atom. The lowest BCUT2D eigenvalue weighted by Gasteiger charge is -2.29. The van der Waals surface area contributed by atoms with Crippen molar-refractivity contribution in [1.29, 1.82) is 0 Å². The van der Waals surface area contributed by atoms with E-state index in [4.69, 9.17) is 52.4 Å². The molecule has 0 bridgehead atoms. The van der Waals surface area contributed by atoms with Crippen LogP contribution in [0.2, 0.25) is 10.0 Å². The smallest absolute Gasteiger partial charge is 0.148 e. The summed E-state index contributed by atoms with van der Waals surface area (Å²) < 4.78 is 5.34. The van der Waals surface area contributed by atoms with E-state index in [1.807, 2.05) is 20.8 Å².